The predicted octanol–water partition coefficient (Wildman–Crippen LogP) is 3.14. The molecule has 0 spiro atoms. The number of hydrogen-bond donors (Lipinski definition) is 4. The molecule has 0 radical (unpaired) electrons. The fourth-order valence-corrected chi connectivity index (χ4v) is 4.86. The summed E-state index contributed by atoms with van der Waals surface area (Å²) >= 11 is 5.99. The van der Waals surface area contributed by atoms with E-state index >= 15 is 0 Å². The van der Waals surface area contributed by atoms with E-state index in [1.807, 2.05) is 10.9 Å². The van der Waals surface area contributed by atoms with Gasteiger partial charge in [-0.25, -0.2) is 9.78 Å². The van der Waals surface area contributed by atoms with Gasteiger partial charge < -0.3 is 26.6 Å². The van der Waals surface area contributed by atoms with Crippen molar-refractivity contribution in [2.75, 3.05) is 37.2 Å². The summed E-state index contributed by atoms with van der Waals surface area (Å²) in [6.07, 6.45) is 8.16. The Morgan fingerprint density at radius 2 is 1.94 bits per heavy atom. The fraction of sp³-hybridized carbons (Fsp3) is 0.360. The number of rotatable bonds is 5. The van der Waals surface area contributed by atoms with Gasteiger partial charge in [-0.1, -0.05) is 17.7 Å². The normalized spacial score (nSPS) is 18.2. The lowest BCUT2D eigenvalue weighted by Crippen LogP contribution is -2.40. The highest BCUT2D eigenvalue weighted by Gasteiger charge is 2.28. The van der Waals surface area contributed by atoms with Gasteiger partial charge in [0.2, 0.25) is 0 Å². The Labute approximate surface area is 214 Å². The molecule has 0 bridgehead atoms. The first kappa shape index (κ1) is 24.1. The summed E-state index contributed by atoms with van der Waals surface area (Å²) in [7, 11) is 0. The molecule has 0 unspecified atom stereocenters. The highest BCUT2D eigenvalue weighted by molar-refractivity contribution is 6.30. The van der Waals surface area contributed by atoms with E-state index in [4.69, 9.17) is 17.3 Å². The average molecular weight is 509 g/mol. The van der Waals surface area contributed by atoms with Crippen LogP contribution in [-0.4, -0.2) is 63.8 Å². The largest absolute Gasteiger partial charge is 0.383 e. The van der Waals surface area contributed by atoms with Gasteiger partial charge in [0.15, 0.2) is 0 Å². The molecule has 36 heavy (non-hydrogen) atoms. The number of hydrogen-bond acceptors (Lipinski definition) is 6. The molecule has 188 valence electrons. The molecule has 2 aromatic heterocycles. The van der Waals surface area contributed by atoms with E-state index in [2.05, 4.69) is 26.0 Å². The molecule has 2 aliphatic heterocycles. The number of nitrogens with two attached hydrogens (primary N) is 1. The summed E-state index contributed by atoms with van der Waals surface area (Å²) < 4.78 is 1.99. The van der Waals surface area contributed by atoms with Gasteiger partial charge in [0.1, 0.15) is 5.82 Å². The zero-order valence-corrected chi connectivity index (χ0v) is 20.5. The number of carbonyl (C=O) groups excluding carboxylic acids is 2. The van der Waals surface area contributed by atoms with Crippen LogP contribution in [0.25, 0.3) is 11.1 Å². The summed E-state index contributed by atoms with van der Waals surface area (Å²) in [6.45, 7) is 2.89. The number of anilines is 2. The minimum absolute atomic E-state index is 0.163. The molecule has 3 aromatic rings. The van der Waals surface area contributed by atoms with Crippen LogP contribution in [0.5, 0.6) is 0 Å². The van der Waals surface area contributed by atoms with Gasteiger partial charge in [-0.05, 0) is 56.6 Å². The second kappa shape index (κ2) is 10.5. The number of nitrogens with one attached hydrogen (secondary N) is 3. The lowest BCUT2D eigenvalue weighted by atomic mass is 10.1. The van der Waals surface area contributed by atoms with Gasteiger partial charge in [0.05, 0.1) is 17.8 Å². The fourth-order valence-electron chi connectivity index (χ4n) is 4.67. The molecule has 3 amide bonds. The van der Waals surface area contributed by atoms with Crippen LogP contribution in [0.1, 0.15) is 35.7 Å². The van der Waals surface area contributed by atoms with Gasteiger partial charge in [-0.2, -0.15) is 5.10 Å². The van der Waals surface area contributed by atoms with Crippen LogP contribution in [0, 0.1) is 0 Å². The molecule has 11 heteroatoms. The average Bonchev–Trinajstić information content (AvgIpc) is 3.55. The van der Waals surface area contributed by atoms with Crippen molar-refractivity contribution in [3.05, 3.63) is 59.5 Å². The Balaban J connectivity index is 1.21. The first-order valence-corrected chi connectivity index (χ1v) is 12.5. The van der Waals surface area contributed by atoms with E-state index in [1.54, 1.807) is 47.6 Å². The predicted molar refractivity (Wildman–Crippen MR) is 139 cm³/mol. The third kappa shape index (κ3) is 5.44. The minimum Gasteiger partial charge on any atom is -0.383 e. The van der Waals surface area contributed by atoms with Gasteiger partial charge in [-0.15, -0.1) is 0 Å². The summed E-state index contributed by atoms with van der Waals surface area (Å²) in [4.78, 5) is 31.6. The van der Waals surface area contributed by atoms with Crippen molar-refractivity contribution in [2.24, 2.45) is 0 Å². The number of nitrogen functional groups attached to an aromatic ring is 1. The van der Waals surface area contributed by atoms with Crippen molar-refractivity contribution in [3.63, 3.8) is 0 Å². The topological polar surface area (TPSA) is 130 Å². The zero-order valence-electron chi connectivity index (χ0n) is 19.8. The Kier molecular flexibility index (Phi) is 7.06. The van der Waals surface area contributed by atoms with Crippen molar-refractivity contribution >= 4 is 35.0 Å². The monoisotopic (exact) mass is 508 g/mol. The maximum atomic E-state index is 13.1. The smallest absolute Gasteiger partial charge is 0.321 e. The van der Waals surface area contributed by atoms with Crippen LogP contribution in [0.4, 0.5) is 16.3 Å². The number of pyridine rings is 1. The van der Waals surface area contributed by atoms with Gasteiger partial charge in [-0.3, -0.25) is 9.48 Å². The van der Waals surface area contributed by atoms with Crippen LogP contribution >= 0.6 is 11.6 Å². The number of carbonyl (C=O) groups is 2. The number of halogens is 1. The molecule has 5 N–H and O–H groups in total. The number of piperidine rings is 1. The maximum Gasteiger partial charge on any atom is 0.321 e. The second-order valence-corrected chi connectivity index (χ2v) is 9.63. The Morgan fingerprint density at radius 1 is 1.11 bits per heavy atom. The van der Waals surface area contributed by atoms with Crippen molar-refractivity contribution in [1.82, 2.24) is 30.3 Å². The summed E-state index contributed by atoms with van der Waals surface area (Å²) in [5.41, 5.74) is 8.66. The standard InChI is InChI=1S/C25H29ClN8O2/c26-18-2-1-3-19(11-18)32-25(36)33-9-6-20(15-33)31-24(35)22-10-16(12-29-23(22)27)17-13-30-34(14-17)21-4-7-28-8-5-21/h1-3,10-14,20-21,28H,4-9,15H2,(H2,27,29)(H,31,35)(H,32,36)/t20-/m1/s1. The van der Waals surface area contributed by atoms with Gasteiger partial charge >= 0.3 is 6.03 Å². The molecule has 0 aliphatic carbocycles. The second-order valence-electron chi connectivity index (χ2n) is 9.19. The third-order valence-electron chi connectivity index (χ3n) is 6.67. The minimum atomic E-state index is -0.310. The first-order valence-electron chi connectivity index (χ1n) is 12.1. The van der Waals surface area contributed by atoms with Gasteiger partial charge in [0, 0.05) is 53.4 Å². The van der Waals surface area contributed by atoms with E-state index in [0.29, 0.717) is 41.8 Å². The molecular formula is C25H29ClN8O2. The Hall–Kier alpha value is -3.63. The zero-order chi connectivity index (χ0) is 25.1. The number of benzene rings is 1. The summed E-state index contributed by atoms with van der Waals surface area (Å²) in [5.74, 6) is -0.148. The molecule has 1 aromatic carbocycles. The number of likely N-dealkylation sites (tertiary alicyclic amines) is 1. The lowest BCUT2D eigenvalue weighted by molar-refractivity contribution is 0.0938. The lowest BCUT2D eigenvalue weighted by Gasteiger charge is -2.22. The number of nitrogens with zero attached hydrogens (tertiary/aromatic N) is 4. The van der Waals surface area contributed by atoms with E-state index in [0.717, 1.165) is 37.1 Å². The first-order chi connectivity index (χ1) is 17.5. The molecular weight excluding hydrogens is 480 g/mol. The van der Waals surface area contributed by atoms with E-state index < -0.39 is 0 Å². The van der Waals surface area contributed by atoms with Gasteiger partial charge in [0.25, 0.3) is 5.91 Å². The molecule has 5 rings (SSSR count). The van der Waals surface area contributed by atoms with Crippen LogP contribution in [0.3, 0.4) is 0 Å². The molecule has 2 saturated heterocycles. The molecule has 2 fully saturated rings. The molecule has 10 nitrogen and oxygen atoms in total. The van der Waals surface area contributed by atoms with Crippen LogP contribution in [0.15, 0.2) is 48.9 Å². The van der Waals surface area contributed by atoms with Crippen molar-refractivity contribution < 1.29 is 9.59 Å². The number of urea groups is 1. The van der Waals surface area contributed by atoms with E-state index in [1.165, 1.54) is 0 Å². The molecule has 4 heterocycles. The molecule has 2 aliphatic rings. The highest BCUT2D eigenvalue weighted by atomic mass is 35.5. The SMILES string of the molecule is Nc1ncc(-c2cnn(C3CCNCC3)c2)cc1C(=O)N[C@@H]1CCN(C(=O)Nc2cccc(Cl)c2)C1. The van der Waals surface area contributed by atoms with Crippen molar-refractivity contribution in [2.45, 2.75) is 31.3 Å². The summed E-state index contributed by atoms with van der Waals surface area (Å²) in [5, 5.41) is 14.3. The van der Waals surface area contributed by atoms with Crippen LogP contribution in [-0.2, 0) is 0 Å². The number of aromatic nitrogens is 3. The Morgan fingerprint density at radius 3 is 2.75 bits per heavy atom. The maximum absolute atomic E-state index is 13.1. The van der Waals surface area contributed by atoms with Crippen molar-refractivity contribution in [3.8, 4) is 11.1 Å². The highest BCUT2D eigenvalue weighted by Crippen LogP contribution is 2.25. The number of amides is 3. The molecule has 0 saturated carbocycles. The van der Waals surface area contributed by atoms with Crippen molar-refractivity contribution in [1.29, 1.82) is 0 Å². The van der Waals surface area contributed by atoms with Crippen LogP contribution < -0.4 is 21.7 Å². The summed E-state index contributed by atoms with van der Waals surface area (Å²) in [6, 6.07) is 8.68. The van der Waals surface area contributed by atoms with E-state index in [9.17, 15) is 9.59 Å². The van der Waals surface area contributed by atoms with Crippen LogP contribution in [0.2, 0.25) is 5.02 Å². The van der Waals surface area contributed by atoms with E-state index in [-0.39, 0.29) is 23.8 Å². The third-order valence-corrected chi connectivity index (χ3v) is 6.90. The quantitative estimate of drug-likeness (QED) is 0.419. The molecule has 1 atom stereocenters. The Bertz CT molecular complexity index is 1260.